The molecule has 6 heteroatoms. The third kappa shape index (κ3) is 4.43. The zero-order valence-corrected chi connectivity index (χ0v) is 14.9. The Kier molecular flexibility index (Phi) is 5.62. The lowest BCUT2D eigenvalue weighted by atomic mass is 9.99. The fourth-order valence-electron chi connectivity index (χ4n) is 2.18. The van der Waals surface area contributed by atoms with E-state index in [0.717, 1.165) is 23.2 Å². The van der Waals surface area contributed by atoms with Crippen molar-refractivity contribution in [2.75, 3.05) is 5.73 Å². The average molecular weight is 332 g/mol. The lowest BCUT2D eigenvalue weighted by molar-refractivity contribution is 0.518. The van der Waals surface area contributed by atoms with E-state index in [9.17, 15) is 4.55 Å². The molecule has 0 bridgehead atoms. The van der Waals surface area contributed by atoms with Crippen LogP contribution in [0.4, 0.5) is 5.82 Å². The summed E-state index contributed by atoms with van der Waals surface area (Å²) >= 11 is -1.18. The van der Waals surface area contributed by atoms with Crippen LogP contribution in [-0.4, -0.2) is 19.5 Å². The summed E-state index contributed by atoms with van der Waals surface area (Å²) in [6.07, 6.45) is 0.771. The van der Waals surface area contributed by atoms with Gasteiger partial charge in [-0.2, -0.15) is 0 Å². The van der Waals surface area contributed by atoms with Crippen LogP contribution >= 0.6 is 0 Å². The van der Waals surface area contributed by atoms with Gasteiger partial charge in [-0.05, 0) is 33.3 Å². The van der Waals surface area contributed by atoms with Gasteiger partial charge in [0.2, 0.25) is 0 Å². The van der Waals surface area contributed by atoms with E-state index in [1.165, 1.54) is 0 Å². The third-order valence-corrected chi connectivity index (χ3v) is 5.09. The summed E-state index contributed by atoms with van der Waals surface area (Å²) in [4.78, 5) is 0. The molecular formula is C17H24N4OS. The van der Waals surface area contributed by atoms with E-state index < -0.39 is 11.4 Å². The van der Waals surface area contributed by atoms with Gasteiger partial charge < -0.3 is 10.3 Å². The summed E-state index contributed by atoms with van der Waals surface area (Å²) in [7, 11) is 0. The quantitative estimate of drug-likeness (QED) is 0.821. The van der Waals surface area contributed by atoms with Gasteiger partial charge in [-0.15, -0.1) is 14.9 Å². The Balaban J connectivity index is 2.41. The summed E-state index contributed by atoms with van der Waals surface area (Å²) in [5.74, 6) is 0.362. The highest BCUT2D eigenvalue weighted by Gasteiger charge is 2.30. The van der Waals surface area contributed by atoms with Gasteiger partial charge in [-0.3, -0.25) is 0 Å². The highest BCUT2D eigenvalue weighted by Crippen LogP contribution is 2.30. The Hall–Kier alpha value is -1.63. The van der Waals surface area contributed by atoms with Crippen LogP contribution in [0.3, 0.4) is 0 Å². The molecule has 0 fully saturated rings. The smallest absolute Gasteiger partial charge is 0.146 e. The van der Waals surface area contributed by atoms with Crippen molar-refractivity contribution >= 4 is 17.2 Å². The zero-order valence-electron chi connectivity index (χ0n) is 14.0. The van der Waals surface area contributed by atoms with Gasteiger partial charge in [-0.25, -0.2) is 0 Å². The standard InChI is InChI=1S/C17H24N4OS/c1-5-14(21-23(22)17(2,3)4)13-11-15(18)19-20-16(13)12-9-7-6-8-10-12/h6-11,14,21H,5H2,1-4H3,(H2,18,19)/t14-,23-/m1/s1. The molecule has 3 N–H and O–H groups in total. The summed E-state index contributed by atoms with van der Waals surface area (Å²) in [5, 5.41) is 8.26. The summed E-state index contributed by atoms with van der Waals surface area (Å²) in [6, 6.07) is 11.5. The first kappa shape index (κ1) is 17.7. The number of benzene rings is 1. The van der Waals surface area contributed by atoms with Crippen LogP contribution in [0, 0.1) is 0 Å². The molecule has 0 spiro atoms. The maximum atomic E-state index is 12.5. The molecule has 0 radical (unpaired) electrons. The molecule has 1 aromatic carbocycles. The van der Waals surface area contributed by atoms with Crippen molar-refractivity contribution in [3.63, 3.8) is 0 Å². The lowest BCUT2D eigenvalue weighted by Crippen LogP contribution is -2.41. The first-order valence-corrected chi connectivity index (χ1v) is 8.84. The normalized spacial score (nSPS) is 14.5. The van der Waals surface area contributed by atoms with E-state index in [2.05, 4.69) is 14.9 Å². The molecule has 0 unspecified atom stereocenters. The van der Waals surface area contributed by atoms with Gasteiger partial charge in [0.15, 0.2) is 0 Å². The van der Waals surface area contributed by atoms with Gasteiger partial charge in [0, 0.05) is 22.5 Å². The van der Waals surface area contributed by atoms with E-state index in [0.29, 0.717) is 5.82 Å². The first-order valence-electron chi connectivity index (χ1n) is 7.69. The number of aromatic nitrogens is 2. The summed E-state index contributed by atoms with van der Waals surface area (Å²) in [6.45, 7) is 7.88. The SMILES string of the molecule is CC[C@@H](N[S@+]([O-])C(C)(C)C)c1cc(N)nnc1-c1ccccc1. The Morgan fingerprint density at radius 2 is 1.87 bits per heavy atom. The number of nitrogens with two attached hydrogens (primary N) is 1. The highest BCUT2D eigenvalue weighted by atomic mass is 32.2. The summed E-state index contributed by atoms with van der Waals surface area (Å²) in [5.41, 5.74) is 8.50. The Bertz CT molecular complexity index is 643. The molecule has 5 nitrogen and oxygen atoms in total. The van der Waals surface area contributed by atoms with Gasteiger partial charge in [0.25, 0.3) is 0 Å². The maximum absolute atomic E-state index is 12.5. The molecule has 0 amide bonds. The van der Waals surface area contributed by atoms with Gasteiger partial charge in [0.05, 0.1) is 11.7 Å². The van der Waals surface area contributed by atoms with Crippen molar-refractivity contribution in [2.24, 2.45) is 0 Å². The van der Waals surface area contributed by atoms with Crippen LogP contribution in [0.25, 0.3) is 11.3 Å². The molecule has 1 aromatic heterocycles. The van der Waals surface area contributed by atoms with E-state index in [1.807, 2.05) is 64.1 Å². The number of anilines is 1. The fraction of sp³-hybridized carbons (Fsp3) is 0.412. The van der Waals surface area contributed by atoms with Gasteiger partial charge in [0.1, 0.15) is 10.6 Å². The third-order valence-electron chi connectivity index (χ3n) is 3.48. The van der Waals surface area contributed by atoms with E-state index in [1.54, 1.807) is 0 Å². The molecule has 1 heterocycles. The maximum Gasteiger partial charge on any atom is 0.146 e. The minimum Gasteiger partial charge on any atom is -0.598 e. The molecule has 0 saturated carbocycles. The molecule has 0 saturated heterocycles. The Morgan fingerprint density at radius 1 is 1.22 bits per heavy atom. The monoisotopic (exact) mass is 332 g/mol. The van der Waals surface area contributed by atoms with Crippen molar-refractivity contribution in [3.05, 3.63) is 42.0 Å². The Labute approximate surface area is 141 Å². The second-order valence-electron chi connectivity index (χ2n) is 6.40. The van der Waals surface area contributed by atoms with Crippen LogP contribution < -0.4 is 10.5 Å². The second-order valence-corrected chi connectivity index (χ2v) is 8.40. The second kappa shape index (κ2) is 7.29. The van der Waals surface area contributed by atoms with E-state index in [4.69, 9.17) is 5.73 Å². The minimum absolute atomic E-state index is 0.108. The fourth-order valence-corrected chi connectivity index (χ4v) is 3.09. The molecule has 23 heavy (non-hydrogen) atoms. The van der Waals surface area contributed by atoms with E-state index in [-0.39, 0.29) is 10.8 Å². The first-order chi connectivity index (χ1) is 10.8. The number of hydrogen-bond acceptors (Lipinski definition) is 5. The number of hydrogen-bond donors (Lipinski definition) is 2. The molecule has 2 aromatic rings. The predicted molar refractivity (Wildman–Crippen MR) is 95.9 cm³/mol. The largest absolute Gasteiger partial charge is 0.598 e. The molecule has 124 valence electrons. The van der Waals surface area contributed by atoms with Crippen molar-refractivity contribution in [1.82, 2.24) is 14.9 Å². The van der Waals surface area contributed by atoms with Crippen LogP contribution in [0.5, 0.6) is 0 Å². The van der Waals surface area contributed by atoms with Crippen LogP contribution in [0.15, 0.2) is 36.4 Å². The van der Waals surface area contributed by atoms with Crippen LogP contribution in [0.2, 0.25) is 0 Å². The summed E-state index contributed by atoms with van der Waals surface area (Å²) < 4.78 is 15.3. The number of nitrogens with one attached hydrogen (secondary N) is 1. The van der Waals surface area contributed by atoms with Crippen LogP contribution in [-0.2, 0) is 11.4 Å². The minimum atomic E-state index is -1.18. The lowest BCUT2D eigenvalue weighted by Gasteiger charge is -2.28. The van der Waals surface area contributed by atoms with Crippen molar-refractivity contribution < 1.29 is 4.55 Å². The predicted octanol–water partition coefficient (Wildman–Crippen LogP) is 3.23. The zero-order chi connectivity index (χ0) is 17.0. The van der Waals surface area contributed by atoms with Crippen molar-refractivity contribution in [3.8, 4) is 11.3 Å². The van der Waals surface area contributed by atoms with Crippen LogP contribution in [0.1, 0.15) is 45.7 Å². The van der Waals surface area contributed by atoms with Crippen molar-refractivity contribution in [2.45, 2.75) is 44.9 Å². The highest BCUT2D eigenvalue weighted by molar-refractivity contribution is 7.90. The molecular weight excluding hydrogens is 308 g/mol. The number of nitrogen functional groups attached to an aromatic ring is 1. The molecule has 0 aliphatic rings. The topological polar surface area (TPSA) is 86.9 Å². The molecule has 0 aliphatic heterocycles. The molecule has 0 aliphatic carbocycles. The van der Waals surface area contributed by atoms with Gasteiger partial charge in [-0.1, -0.05) is 37.3 Å². The Morgan fingerprint density at radius 3 is 2.43 bits per heavy atom. The molecule has 2 rings (SSSR count). The van der Waals surface area contributed by atoms with Gasteiger partial charge >= 0.3 is 0 Å². The van der Waals surface area contributed by atoms with Crippen molar-refractivity contribution in [1.29, 1.82) is 0 Å². The average Bonchev–Trinajstić information content (AvgIpc) is 2.52. The number of rotatable bonds is 5. The number of nitrogens with zero attached hydrogens (tertiary/aromatic N) is 2. The van der Waals surface area contributed by atoms with E-state index >= 15 is 0 Å². The molecule has 2 atom stereocenters.